The van der Waals surface area contributed by atoms with E-state index in [0.29, 0.717) is 17.6 Å². The Hall–Kier alpha value is -0.680. The smallest absolute Gasteiger partial charge is 0.160 e. The molecule has 0 saturated carbocycles. The third-order valence-electron chi connectivity index (χ3n) is 2.17. The minimum atomic E-state index is -0.112. The van der Waals surface area contributed by atoms with Crippen LogP contribution in [-0.4, -0.2) is 17.1 Å². The van der Waals surface area contributed by atoms with E-state index < -0.39 is 0 Å². The van der Waals surface area contributed by atoms with Gasteiger partial charge in [-0.25, -0.2) is 9.97 Å². The van der Waals surface area contributed by atoms with E-state index in [0.717, 1.165) is 10.2 Å². The first-order valence-electron chi connectivity index (χ1n) is 4.79. The van der Waals surface area contributed by atoms with Crippen molar-refractivity contribution in [3.8, 4) is 0 Å². The van der Waals surface area contributed by atoms with Crippen LogP contribution in [0.25, 0.3) is 0 Å². The van der Waals surface area contributed by atoms with E-state index in [1.54, 1.807) is 7.11 Å². The molecule has 0 aliphatic rings. The minimum absolute atomic E-state index is 0.112. The molecule has 1 heterocycles. The molecule has 2 N–H and O–H groups in total. The summed E-state index contributed by atoms with van der Waals surface area (Å²) in [5.74, 6) is 1.42. The van der Waals surface area contributed by atoms with Gasteiger partial charge in [0, 0.05) is 7.11 Å². The third kappa shape index (κ3) is 2.66. The minimum Gasteiger partial charge on any atom is -0.383 e. The second-order valence-corrected chi connectivity index (χ2v) is 4.56. The third-order valence-corrected chi connectivity index (χ3v) is 3.15. The summed E-state index contributed by atoms with van der Waals surface area (Å²) in [6, 6.07) is 0. The van der Waals surface area contributed by atoms with Crippen LogP contribution in [-0.2, 0) is 4.74 Å². The van der Waals surface area contributed by atoms with Gasteiger partial charge >= 0.3 is 0 Å². The Morgan fingerprint density at radius 1 is 1.33 bits per heavy atom. The standard InChI is InChI=1S/C10H16BrN3O/c1-5(2)8(15-4)10-13-6(3)7(11)9(12)14-10/h5,8H,1-4H3,(H2,12,13,14). The molecule has 0 fully saturated rings. The lowest BCUT2D eigenvalue weighted by Crippen LogP contribution is -2.14. The maximum atomic E-state index is 5.76. The lowest BCUT2D eigenvalue weighted by molar-refractivity contribution is 0.0574. The zero-order valence-electron chi connectivity index (χ0n) is 9.41. The van der Waals surface area contributed by atoms with Crippen molar-refractivity contribution in [2.75, 3.05) is 12.8 Å². The van der Waals surface area contributed by atoms with E-state index >= 15 is 0 Å². The first-order valence-corrected chi connectivity index (χ1v) is 5.59. The van der Waals surface area contributed by atoms with Crippen molar-refractivity contribution in [1.29, 1.82) is 0 Å². The number of ether oxygens (including phenoxy) is 1. The predicted molar refractivity (Wildman–Crippen MR) is 63.5 cm³/mol. The van der Waals surface area contributed by atoms with Gasteiger partial charge in [0.2, 0.25) is 0 Å². The number of aromatic nitrogens is 2. The van der Waals surface area contributed by atoms with Gasteiger partial charge in [-0.1, -0.05) is 13.8 Å². The molecule has 0 bridgehead atoms. The van der Waals surface area contributed by atoms with Gasteiger partial charge in [0.1, 0.15) is 11.9 Å². The molecule has 1 aromatic rings. The highest BCUT2D eigenvalue weighted by Crippen LogP contribution is 2.26. The number of methoxy groups -OCH3 is 1. The van der Waals surface area contributed by atoms with Crippen LogP contribution in [0.4, 0.5) is 5.82 Å². The Kier molecular flexibility index (Phi) is 4.04. The molecule has 0 aliphatic carbocycles. The number of hydrogen-bond acceptors (Lipinski definition) is 4. The number of rotatable bonds is 3. The van der Waals surface area contributed by atoms with Gasteiger partial charge in [-0.2, -0.15) is 0 Å². The van der Waals surface area contributed by atoms with Crippen LogP contribution in [0, 0.1) is 12.8 Å². The highest BCUT2D eigenvalue weighted by atomic mass is 79.9. The molecule has 5 heteroatoms. The fraction of sp³-hybridized carbons (Fsp3) is 0.600. The molecular formula is C10H16BrN3O. The second-order valence-electron chi connectivity index (χ2n) is 3.77. The van der Waals surface area contributed by atoms with Crippen molar-refractivity contribution in [3.63, 3.8) is 0 Å². The summed E-state index contributed by atoms with van der Waals surface area (Å²) in [5.41, 5.74) is 6.59. The zero-order chi connectivity index (χ0) is 11.6. The monoisotopic (exact) mass is 273 g/mol. The molecule has 84 valence electrons. The molecule has 0 saturated heterocycles. The Balaban J connectivity index is 3.14. The summed E-state index contributed by atoms with van der Waals surface area (Å²) in [4.78, 5) is 8.58. The van der Waals surface area contributed by atoms with Gasteiger partial charge in [0.25, 0.3) is 0 Å². The van der Waals surface area contributed by atoms with Crippen LogP contribution >= 0.6 is 15.9 Å². The van der Waals surface area contributed by atoms with Crippen molar-refractivity contribution in [1.82, 2.24) is 9.97 Å². The second kappa shape index (κ2) is 4.90. The number of hydrogen-bond donors (Lipinski definition) is 1. The van der Waals surface area contributed by atoms with E-state index in [4.69, 9.17) is 10.5 Å². The number of halogens is 1. The van der Waals surface area contributed by atoms with Crippen molar-refractivity contribution in [2.24, 2.45) is 5.92 Å². The number of nitrogen functional groups attached to an aromatic ring is 1. The fourth-order valence-electron chi connectivity index (χ4n) is 1.41. The van der Waals surface area contributed by atoms with Crippen LogP contribution < -0.4 is 5.73 Å². The quantitative estimate of drug-likeness (QED) is 0.919. The maximum Gasteiger partial charge on any atom is 0.160 e. The molecule has 1 aromatic heterocycles. The van der Waals surface area contributed by atoms with E-state index in [9.17, 15) is 0 Å². The predicted octanol–water partition coefficient (Wildman–Crippen LogP) is 2.47. The molecule has 0 spiro atoms. The fourth-order valence-corrected chi connectivity index (χ4v) is 1.58. The van der Waals surface area contributed by atoms with E-state index in [-0.39, 0.29) is 6.10 Å². The van der Waals surface area contributed by atoms with Crippen molar-refractivity contribution >= 4 is 21.7 Å². The number of nitrogens with two attached hydrogens (primary N) is 1. The van der Waals surface area contributed by atoms with Crippen LogP contribution in [0.5, 0.6) is 0 Å². The lowest BCUT2D eigenvalue weighted by atomic mass is 10.1. The van der Waals surface area contributed by atoms with Crippen LogP contribution in [0.2, 0.25) is 0 Å². The molecule has 1 atom stereocenters. The largest absolute Gasteiger partial charge is 0.383 e. The normalized spacial score (nSPS) is 13.2. The van der Waals surface area contributed by atoms with Crippen molar-refractivity contribution in [3.05, 3.63) is 16.0 Å². The summed E-state index contributed by atoms with van der Waals surface area (Å²) in [6.07, 6.45) is -0.112. The van der Waals surface area contributed by atoms with Gasteiger partial charge < -0.3 is 10.5 Å². The average Bonchev–Trinajstić information content (AvgIpc) is 2.14. The zero-order valence-corrected chi connectivity index (χ0v) is 11.0. The SMILES string of the molecule is COC(c1nc(C)c(Br)c(N)n1)C(C)C. The van der Waals surface area contributed by atoms with Gasteiger partial charge in [0.05, 0.1) is 10.2 Å². The summed E-state index contributed by atoms with van der Waals surface area (Å²) in [7, 11) is 1.65. The van der Waals surface area contributed by atoms with Gasteiger partial charge in [-0.05, 0) is 28.8 Å². The molecule has 0 aromatic carbocycles. The molecule has 0 amide bonds. The van der Waals surface area contributed by atoms with E-state index in [2.05, 4.69) is 39.7 Å². The summed E-state index contributed by atoms with van der Waals surface area (Å²) in [5, 5.41) is 0. The number of nitrogens with zero attached hydrogens (tertiary/aromatic N) is 2. The van der Waals surface area contributed by atoms with Gasteiger partial charge in [-0.3, -0.25) is 0 Å². The molecular weight excluding hydrogens is 258 g/mol. The molecule has 0 radical (unpaired) electrons. The van der Waals surface area contributed by atoms with Gasteiger partial charge in [-0.15, -0.1) is 0 Å². The summed E-state index contributed by atoms with van der Waals surface area (Å²) < 4.78 is 6.11. The van der Waals surface area contributed by atoms with Crippen LogP contribution in [0.15, 0.2) is 4.47 Å². The van der Waals surface area contributed by atoms with Crippen molar-refractivity contribution in [2.45, 2.75) is 26.9 Å². The Morgan fingerprint density at radius 3 is 2.33 bits per heavy atom. The number of anilines is 1. The Bertz CT molecular complexity index is 332. The highest BCUT2D eigenvalue weighted by Gasteiger charge is 2.19. The van der Waals surface area contributed by atoms with Gasteiger partial charge in [0.15, 0.2) is 5.82 Å². The highest BCUT2D eigenvalue weighted by molar-refractivity contribution is 9.10. The summed E-state index contributed by atoms with van der Waals surface area (Å²) >= 11 is 3.33. The summed E-state index contributed by atoms with van der Waals surface area (Å²) in [6.45, 7) is 6.01. The first-order chi connectivity index (χ1) is 6.97. The average molecular weight is 274 g/mol. The molecule has 0 aliphatic heterocycles. The molecule has 1 unspecified atom stereocenters. The molecule has 15 heavy (non-hydrogen) atoms. The van der Waals surface area contributed by atoms with Crippen molar-refractivity contribution < 1.29 is 4.74 Å². The molecule has 1 rings (SSSR count). The maximum absolute atomic E-state index is 5.76. The molecule has 4 nitrogen and oxygen atoms in total. The Morgan fingerprint density at radius 2 is 1.93 bits per heavy atom. The number of aryl methyl sites for hydroxylation is 1. The van der Waals surface area contributed by atoms with Crippen LogP contribution in [0.1, 0.15) is 31.5 Å². The first kappa shape index (κ1) is 12.4. The Labute approximate surface area is 98.4 Å². The van der Waals surface area contributed by atoms with E-state index in [1.807, 2.05) is 6.92 Å². The van der Waals surface area contributed by atoms with E-state index in [1.165, 1.54) is 0 Å². The van der Waals surface area contributed by atoms with Crippen LogP contribution in [0.3, 0.4) is 0 Å². The lowest BCUT2D eigenvalue weighted by Gasteiger charge is -2.18. The topological polar surface area (TPSA) is 61.0 Å².